The Morgan fingerprint density at radius 3 is 2.37 bits per heavy atom. The van der Waals surface area contributed by atoms with Gasteiger partial charge in [0.05, 0.1) is 11.2 Å². The van der Waals surface area contributed by atoms with E-state index in [2.05, 4.69) is 65.0 Å². The van der Waals surface area contributed by atoms with E-state index in [1.807, 2.05) is 5.51 Å². The Balaban J connectivity index is 2.12. The highest BCUT2D eigenvalue weighted by molar-refractivity contribution is 7.07. The fourth-order valence-electron chi connectivity index (χ4n) is 2.54. The standard InChI is InChI=1S/C17H11NS/c1-2-5-13-9-16-14(8-12(13)4-1)6-3-7-15(16)17-10-19-11-18-17/h1-11H. The molecular formula is C17H11NS. The summed E-state index contributed by atoms with van der Waals surface area (Å²) in [5.41, 5.74) is 4.16. The van der Waals surface area contributed by atoms with Crippen LogP contribution in [0.15, 0.2) is 65.5 Å². The zero-order valence-corrected chi connectivity index (χ0v) is 11.0. The van der Waals surface area contributed by atoms with Gasteiger partial charge in [0, 0.05) is 10.9 Å². The highest BCUT2D eigenvalue weighted by Gasteiger charge is 2.06. The summed E-state index contributed by atoms with van der Waals surface area (Å²) in [7, 11) is 0. The Labute approximate surface area is 115 Å². The van der Waals surface area contributed by atoms with E-state index in [0.29, 0.717) is 0 Å². The van der Waals surface area contributed by atoms with Gasteiger partial charge in [-0.2, -0.15) is 0 Å². The van der Waals surface area contributed by atoms with Crippen molar-refractivity contribution in [1.82, 2.24) is 4.98 Å². The molecule has 4 aromatic rings. The lowest BCUT2D eigenvalue weighted by molar-refractivity contribution is 1.42. The molecule has 2 heteroatoms. The van der Waals surface area contributed by atoms with E-state index in [9.17, 15) is 0 Å². The maximum Gasteiger partial charge on any atom is 0.0817 e. The Morgan fingerprint density at radius 2 is 1.58 bits per heavy atom. The molecule has 0 fully saturated rings. The number of thiazole rings is 1. The normalized spacial score (nSPS) is 11.2. The van der Waals surface area contributed by atoms with Gasteiger partial charge in [0.15, 0.2) is 0 Å². The van der Waals surface area contributed by atoms with Crippen LogP contribution in [0, 0.1) is 0 Å². The molecule has 4 rings (SSSR count). The van der Waals surface area contributed by atoms with Crippen molar-refractivity contribution in [3.63, 3.8) is 0 Å². The molecule has 0 unspecified atom stereocenters. The lowest BCUT2D eigenvalue weighted by atomic mass is 9.98. The third-order valence-corrected chi connectivity index (χ3v) is 4.04. The second-order valence-corrected chi connectivity index (χ2v) is 5.32. The fourth-order valence-corrected chi connectivity index (χ4v) is 3.09. The Hall–Kier alpha value is -2.19. The number of aromatic nitrogens is 1. The molecule has 0 radical (unpaired) electrons. The number of benzene rings is 3. The van der Waals surface area contributed by atoms with Crippen molar-refractivity contribution in [2.24, 2.45) is 0 Å². The minimum atomic E-state index is 1.06. The van der Waals surface area contributed by atoms with E-state index in [1.165, 1.54) is 27.1 Å². The van der Waals surface area contributed by atoms with Crippen LogP contribution in [0.4, 0.5) is 0 Å². The topological polar surface area (TPSA) is 12.9 Å². The molecule has 1 heterocycles. The predicted molar refractivity (Wildman–Crippen MR) is 82.6 cm³/mol. The summed E-state index contributed by atoms with van der Waals surface area (Å²) < 4.78 is 0. The average molecular weight is 261 g/mol. The molecule has 0 N–H and O–H groups in total. The number of hydrogen-bond donors (Lipinski definition) is 0. The third kappa shape index (κ3) is 1.72. The lowest BCUT2D eigenvalue weighted by Gasteiger charge is -2.06. The van der Waals surface area contributed by atoms with Gasteiger partial charge in [0.1, 0.15) is 0 Å². The first-order valence-corrected chi connectivity index (χ1v) is 7.16. The molecule has 1 nitrogen and oxygen atoms in total. The summed E-state index contributed by atoms with van der Waals surface area (Å²) in [6, 6.07) is 19.4. The van der Waals surface area contributed by atoms with Crippen molar-refractivity contribution in [3.05, 3.63) is 65.5 Å². The largest absolute Gasteiger partial charge is 0.245 e. The molecule has 1 aromatic heterocycles. The van der Waals surface area contributed by atoms with Crippen molar-refractivity contribution in [2.45, 2.75) is 0 Å². The highest BCUT2D eigenvalue weighted by Crippen LogP contribution is 2.31. The van der Waals surface area contributed by atoms with Crippen molar-refractivity contribution in [1.29, 1.82) is 0 Å². The lowest BCUT2D eigenvalue weighted by Crippen LogP contribution is -1.82. The molecule has 0 aliphatic carbocycles. The predicted octanol–water partition coefficient (Wildman–Crippen LogP) is 5.12. The summed E-state index contributed by atoms with van der Waals surface area (Å²) in [4.78, 5) is 4.44. The SMILES string of the molecule is c1ccc2cc3c(-c4cscn4)cccc3cc2c1. The van der Waals surface area contributed by atoms with Crippen LogP contribution >= 0.6 is 11.3 Å². The van der Waals surface area contributed by atoms with Crippen molar-refractivity contribution in [3.8, 4) is 11.3 Å². The van der Waals surface area contributed by atoms with Gasteiger partial charge >= 0.3 is 0 Å². The van der Waals surface area contributed by atoms with Gasteiger partial charge in [-0.1, -0.05) is 42.5 Å². The van der Waals surface area contributed by atoms with Crippen molar-refractivity contribution in [2.75, 3.05) is 0 Å². The second-order valence-electron chi connectivity index (χ2n) is 4.60. The van der Waals surface area contributed by atoms with E-state index in [4.69, 9.17) is 0 Å². The zero-order chi connectivity index (χ0) is 12.7. The second kappa shape index (κ2) is 4.18. The van der Waals surface area contributed by atoms with Crippen LogP contribution in [0.25, 0.3) is 32.8 Å². The van der Waals surface area contributed by atoms with Gasteiger partial charge in [-0.05, 0) is 33.7 Å². The maximum atomic E-state index is 4.44. The van der Waals surface area contributed by atoms with E-state index in [0.717, 1.165) is 5.69 Å². The van der Waals surface area contributed by atoms with Crippen LogP contribution in [-0.4, -0.2) is 4.98 Å². The quantitative estimate of drug-likeness (QED) is 0.433. The highest BCUT2D eigenvalue weighted by atomic mass is 32.1. The Morgan fingerprint density at radius 1 is 0.789 bits per heavy atom. The monoisotopic (exact) mass is 261 g/mol. The summed E-state index contributed by atoms with van der Waals surface area (Å²) >= 11 is 1.64. The minimum Gasteiger partial charge on any atom is -0.245 e. The molecule has 0 aliphatic rings. The smallest absolute Gasteiger partial charge is 0.0817 e. The van der Waals surface area contributed by atoms with Crippen molar-refractivity contribution < 1.29 is 0 Å². The molecule has 19 heavy (non-hydrogen) atoms. The average Bonchev–Trinajstić information content (AvgIpc) is 2.98. The third-order valence-electron chi connectivity index (χ3n) is 3.45. The summed E-state index contributed by atoms with van der Waals surface area (Å²) in [5, 5.41) is 7.20. The molecule has 0 saturated heterocycles. The fraction of sp³-hybridized carbons (Fsp3) is 0. The number of nitrogens with zero attached hydrogens (tertiary/aromatic N) is 1. The molecule has 90 valence electrons. The first kappa shape index (κ1) is 10.7. The van der Waals surface area contributed by atoms with E-state index >= 15 is 0 Å². The van der Waals surface area contributed by atoms with Crippen LogP contribution in [0.5, 0.6) is 0 Å². The number of fused-ring (bicyclic) bond motifs is 2. The van der Waals surface area contributed by atoms with Gasteiger partial charge in [-0.25, -0.2) is 4.98 Å². The summed E-state index contributed by atoms with van der Waals surface area (Å²) in [6.07, 6.45) is 0. The van der Waals surface area contributed by atoms with Gasteiger partial charge in [0.25, 0.3) is 0 Å². The number of rotatable bonds is 1. The molecule has 3 aromatic carbocycles. The molecule has 0 aliphatic heterocycles. The van der Waals surface area contributed by atoms with E-state index in [1.54, 1.807) is 11.3 Å². The van der Waals surface area contributed by atoms with Crippen LogP contribution in [-0.2, 0) is 0 Å². The first-order valence-electron chi connectivity index (χ1n) is 6.22. The number of hydrogen-bond acceptors (Lipinski definition) is 2. The summed E-state index contributed by atoms with van der Waals surface area (Å²) in [6.45, 7) is 0. The zero-order valence-electron chi connectivity index (χ0n) is 10.2. The minimum absolute atomic E-state index is 1.06. The van der Waals surface area contributed by atoms with E-state index in [-0.39, 0.29) is 0 Å². The van der Waals surface area contributed by atoms with Crippen LogP contribution < -0.4 is 0 Å². The molecule has 0 atom stereocenters. The Kier molecular flexibility index (Phi) is 2.35. The molecule has 0 saturated carbocycles. The van der Waals surface area contributed by atoms with Crippen molar-refractivity contribution >= 4 is 32.9 Å². The van der Waals surface area contributed by atoms with Gasteiger partial charge in [0.2, 0.25) is 0 Å². The van der Waals surface area contributed by atoms with Crippen LogP contribution in [0.3, 0.4) is 0 Å². The Bertz CT molecular complexity index is 863. The van der Waals surface area contributed by atoms with Gasteiger partial charge in [-0.15, -0.1) is 11.3 Å². The maximum absolute atomic E-state index is 4.44. The summed E-state index contributed by atoms with van der Waals surface area (Å²) in [5.74, 6) is 0. The van der Waals surface area contributed by atoms with Crippen LogP contribution in [0.2, 0.25) is 0 Å². The molecular weight excluding hydrogens is 250 g/mol. The molecule has 0 bridgehead atoms. The molecule has 0 spiro atoms. The van der Waals surface area contributed by atoms with E-state index < -0.39 is 0 Å². The first-order chi connectivity index (χ1) is 9.42. The van der Waals surface area contributed by atoms with Gasteiger partial charge in [-0.3, -0.25) is 0 Å². The van der Waals surface area contributed by atoms with Crippen LogP contribution in [0.1, 0.15) is 0 Å². The van der Waals surface area contributed by atoms with Gasteiger partial charge < -0.3 is 0 Å². The molecule has 0 amide bonds.